The van der Waals surface area contributed by atoms with Crippen molar-refractivity contribution in [3.05, 3.63) is 14.2 Å². The topological polar surface area (TPSA) is 55.6 Å². The molecular formula is C11H16BrClN2O2S. The number of methoxy groups -OCH3 is 1. The van der Waals surface area contributed by atoms with E-state index in [0.29, 0.717) is 17.2 Å². The molecule has 1 fully saturated rings. The lowest BCUT2D eigenvalue weighted by Gasteiger charge is -2.15. The maximum absolute atomic E-state index is 12.3. The maximum Gasteiger partial charge on any atom is 0.267 e. The zero-order valence-corrected chi connectivity index (χ0v) is 13.5. The molecule has 18 heavy (non-hydrogen) atoms. The quantitative estimate of drug-likeness (QED) is 0.886. The van der Waals surface area contributed by atoms with Gasteiger partial charge in [0.15, 0.2) is 5.75 Å². The van der Waals surface area contributed by atoms with Crippen LogP contribution in [0.3, 0.4) is 0 Å². The van der Waals surface area contributed by atoms with Crippen LogP contribution in [0.15, 0.2) is 4.47 Å². The van der Waals surface area contributed by atoms with E-state index in [0.717, 1.165) is 22.3 Å². The van der Waals surface area contributed by atoms with Gasteiger partial charge in [-0.15, -0.1) is 23.7 Å². The van der Waals surface area contributed by atoms with Gasteiger partial charge >= 0.3 is 0 Å². The van der Waals surface area contributed by atoms with Crippen LogP contribution in [0.25, 0.3) is 0 Å². The smallest absolute Gasteiger partial charge is 0.267 e. The van der Waals surface area contributed by atoms with Crippen LogP contribution >= 0.6 is 39.7 Å². The lowest BCUT2D eigenvalue weighted by Crippen LogP contribution is -2.31. The fourth-order valence-corrected chi connectivity index (χ4v) is 3.66. The molecule has 0 spiro atoms. The molecule has 0 saturated carbocycles. The molecule has 0 aromatic carbocycles. The molecule has 0 unspecified atom stereocenters. The van der Waals surface area contributed by atoms with Crippen molar-refractivity contribution in [2.75, 3.05) is 20.2 Å². The van der Waals surface area contributed by atoms with Gasteiger partial charge in [0.1, 0.15) is 4.88 Å². The van der Waals surface area contributed by atoms with E-state index in [4.69, 9.17) is 10.5 Å². The number of nitrogens with zero attached hydrogens (tertiary/aromatic N) is 1. The highest BCUT2D eigenvalue weighted by atomic mass is 79.9. The number of halogens is 2. The van der Waals surface area contributed by atoms with E-state index in [1.54, 1.807) is 12.0 Å². The predicted octanol–water partition coefficient (Wildman–Crippen LogP) is 2.42. The van der Waals surface area contributed by atoms with E-state index >= 15 is 0 Å². The van der Waals surface area contributed by atoms with Crippen molar-refractivity contribution in [3.8, 4) is 5.75 Å². The molecule has 102 valence electrons. The zero-order valence-electron chi connectivity index (χ0n) is 10.2. The van der Waals surface area contributed by atoms with E-state index in [9.17, 15) is 4.79 Å². The van der Waals surface area contributed by atoms with E-state index in [1.807, 2.05) is 6.92 Å². The molecule has 2 N–H and O–H groups in total. The third-order valence-electron chi connectivity index (χ3n) is 2.88. The molecule has 1 atom stereocenters. The van der Waals surface area contributed by atoms with Crippen LogP contribution in [0.5, 0.6) is 5.75 Å². The Bertz CT molecular complexity index is 452. The van der Waals surface area contributed by atoms with Gasteiger partial charge in [-0.25, -0.2) is 0 Å². The standard InChI is InChI=1S/C11H15BrN2O2S.ClH/c1-6-8(12)9(16-2)10(17-6)11(15)14-4-3-7(13)5-14;/h7H,3-5,13H2,1-2H3;1H/t7-;/m1./s1. The molecular weight excluding hydrogens is 340 g/mol. The van der Waals surface area contributed by atoms with Crippen molar-refractivity contribution >= 4 is 45.6 Å². The number of ether oxygens (including phenoxy) is 1. The Kier molecular flexibility index (Phi) is 5.46. The van der Waals surface area contributed by atoms with Gasteiger partial charge in [0, 0.05) is 24.0 Å². The van der Waals surface area contributed by atoms with Crippen LogP contribution in [0, 0.1) is 6.92 Å². The van der Waals surface area contributed by atoms with Gasteiger partial charge in [0.25, 0.3) is 5.91 Å². The molecule has 1 aromatic heterocycles. The largest absolute Gasteiger partial charge is 0.494 e. The monoisotopic (exact) mass is 354 g/mol. The van der Waals surface area contributed by atoms with Gasteiger partial charge in [-0.1, -0.05) is 0 Å². The van der Waals surface area contributed by atoms with Gasteiger partial charge in [0.2, 0.25) is 0 Å². The molecule has 1 aliphatic heterocycles. The molecule has 0 radical (unpaired) electrons. The van der Waals surface area contributed by atoms with Gasteiger partial charge in [0.05, 0.1) is 11.6 Å². The minimum atomic E-state index is 0. The van der Waals surface area contributed by atoms with Crippen molar-refractivity contribution in [1.82, 2.24) is 4.90 Å². The molecule has 7 heteroatoms. The molecule has 0 aliphatic carbocycles. The minimum absolute atomic E-state index is 0. The van der Waals surface area contributed by atoms with Crippen LogP contribution in [0.4, 0.5) is 0 Å². The fraction of sp³-hybridized carbons (Fsp3) is 0.545. The summed E-state index contributed by atoms with van der Waals surface area (Å²) in [5, 5.41) is 0. The summed E-state index contributed by atoms with van der Waals surface area (Å²) in [6.45, 7) is 3.33. The molecule has 1 saturated heterocycles. The molecule has 0 bridgehead atoms. The number of rotatable bonds is 2. The number of thiophene rings is 1. The van der Waals surface area contributed by atoms with E-state index in [-0.39, 0.29) is 24.4 Å². The van der Waals surface area contributed by atoms with Crippen LogP contribution < -0.4 is 10.5 Å². The van der Waals surface area contributed by atoms with Crippen LogP contribution in [0.2, 0.25) is 0 Å². The second kappa shape index (κ2) is 6.23. The summed E-state index contributed by atoms with van der Waals surface area (Å²) in [5.41, 5.74) is 5.82. The molecule has 4 nitrogen and oxygen atoms in total. The van der Waals surface area contributed by atoms with E-state index in [2.05, 4.69) is 15.9 Å². The lowest BCUT2D eigenvalue weighted by atomic mass is 10.3. The van der Waals surface area contributed by atoms with Gasteiger partial charge in [-0.05, 0) is 29.3 Å². The lowest BCUT2D eigenvalue weighted by molar-refractivity contribution is 0.0792. The van der Waals surface area contributed by atoms with Gasteiger partial charge in [-0.3, -0.25) is 4.79 Å². The van der Waals surface area contributed by atoms with Gasteiger partial charge < -0.3 is 15.4 Å². The number of nitrogens with two attached hydrogens (primary N) is 1. The summed E-state index contributed by atoms with van der Waals surface area (Å²) in [6, 6.07) is 0.106. The summed E-state index contributed by atoms with van der Waals surface area (Å²) in [7, 11) is 1.58. The van der Waals surface area contributed by atoms with Crippen molar-refractivity contribution in [2.24, 2.45) is 5.73 Å². The van der Waals surface area contributed by atoms with Crippen molar-refractivity contribution in [1.29, 1.82) is 0 Å². The van der Waals surface area contributed by atoms with E-state index in [1.165, 1.54) is 11.3 Å². The Morgan fingerprint density at radius 3 is 2.78 bits per heavy atom. The van der Waals surface area contributed by atoms with Crippen LogP contribution in [-0.2, 0) is 0 Å². The van der Waals surface area contributed by atoms with Crippen molar-refractivity contribution < 1.29 is 9.53 Å². The normalized spacial score (nSPS) is 18.7. The highest BCUT2D eigenvalue weighted by molar-refractivity contribution is 9.10. The second-order valence-corrected chi connectivity index (χ2v) is 6.15. The number of hydrogen-bond acceptors (Lipinski definition) is 4. The summed E-state index contributed by atoms with van der Waals surface area (Å²) in [4.78, 5) is 15.8. The van der Waals surface area contributed by atoms with Crippen molar-refractivity contribution in [2.45, 2.75) is 19.4 Å². The number of hydrogen-bond donors (Lipinski definition) is 1. The second-order valence-electron chi connectivity index (χ2n) is 4.13. The average Bonchev–Trinajstić information content (AvgIpc) is 2.84. The Balaban J connectivity index is 0.00000162. The maximum atomic E-state index is 12.3. The summed E-state index contributed by atoms with van der Waals surface area (Å²) in [6.07, 6.45) is 0.875. The van der Waals surface area contributed by atoms with Gasteiger partial charge in [-0.2, -0.15) is 0 Å². The zero-order chi connectivity index (χ0) is 12.6. The first kappa shape index (κ1) is 15.8. The number of likely N-dealkylation sites (tertiary alicyclic amines) is 1. The van der Waals surface area contributed by atoms with E-state index < -0.39 is 0 Å². The first-order valence-electron chi connectivity index (χ1n) is 5.42. The molecule has 1 aliphatic rings. The third kappa shape index (κ3) is 2.82. The van der Waals surface area contributed by atoms with Crippen LogP contribution in [-0.4, -0.2) is 37.0 Å². The molecule has 2 rings (SSSR count). The first-order chi connectivity index (χ1) is 8.04. The highest BCUT2D eigenvalue weighted by Gasteiger charge is 2.29. The number of carbonyl (C=O) groups excluding carboxylic acids is 1. The molecule has 2 heterocycles. The Morgan fingerprint density at radius 2 is 2.28 bits per heavy atom. The number of amides is 1. The summed E-state index contributed by atoms with van der Waals surface area (Å²) < 4.78 is 6.16. The molecule has 1 amide bonds. The van der Waals surface area contributed by atoms with Crippen LogP contribution in [0.1, 0.15) is 21.0 Å². The van der Waals surface area contributed by atoms with Crippen molar-refractivity contribution in [3.63, 3.8) is 0 Å². The first-order valence-corrected chi connectivity index (χ1v) is 7.03. The fourth-order valence-electron chi connectivity index (χ4n) is 1.94. The average molecular weight is 356 g/mol. The minimum Gasteiger partial charge on any atom is -0.494 e. The SMILES string of the molecule is COc1c(C(=O)N2CC[C@@H](N)C2)sc(C)c1Br.Cl. The number of carbonyl (C=O) groups is 1. The number of aryl methyl sites for hydroxylation is 1. The Morgan fingerprint density at radius 1 is 1.61 bits per heavy atom. The summed E-state index contributed by atoms with van der Waals surface area (Å²) >= 11 is 4.90. The molecule has 1 aromatic rings. The predicted molar refractivity (Wildman–Crippen MR) is 79.1 cm³/mol. The Hall–Kier alpha value is -0.300. The highest BCUT2D eigenvalue weighted by Crippen LogP contribution is 2.39. The summed E-state index contributed by atoms with van der Waals surface area (Å²) in [5.74, 6) is 0.659. The Labute approximate surface area is 125 Å². The third-order valence-corrected chi connectivity index (χ3v) is 5.17.